The summed E-state index contributed by atoms with van der Waals surface area (Å²) in [6, 6.07) is 5.42. The third kappa shape index (κ3) is 2.67. The van der Waals surface area contributed by atoms with Crippen molar-refractivity contribution in [3.8, 4) is 0 Å². The number of hydrogen-bond acceptors (Lipinski definition) is 4. The van der Waals surface area contributed by atoms with Gasteiger partial charge in [-0.2, -0.15) is 0 Å². The molecule has 0 spiro atoms. The van der Waals surface area contributed by atoms with E-state index in [4.69, 9.17) is 0 Å². The molecule has 3 amide bonds. The minimum absolute atomic E-state index is 0.253. The van der Waals surface area contributed by atoms with Crippen LogP contribution in [0.3, 0.4) is 0 Å². The first-order valence-electron chi connectivity index (χ1n) is 9.36. The molecule has 0 radical (unpaired) electrons. The van der Waals surface area contributed by atoms with Crippen LogP contribution in [0.15, 0.2) is 29.4 Å². The van der Waals surface area contributed by atoms with Crippen LogP contribution in [0.25, 0.3) is 0 Å². The predicted molar refractivity (Wildman–Crippen MR) is 106 cm³/mol. The van der Waals surface area contributed by atoms with Gasteiger partial charge in [0.1, 0.15) is 11.9 Å². The molecule has 3 heterocycles. The highest BCUT2D eigenvalue weighted by Gasteiger charge is 2.52. The molecule has 146 valence electrons. The summed E-state index contributed by atoms with van der Waals surface area (Å²) in [5, 5.41) is 3.49. The number of likely N-dealkylation sites (N-methyl/N-ethyl adjacent to an activating group) is 2. The molecule has 1 N–H and O–H groups in total. The lowest BCUT2D eigenvalue weighted by atomic mass is 10.1. The third-order valence-electron chi connectivity index (χ3n) is 5.49. The van der Waals surface area contributed by atoms with E-state index in [0.717, 1.165) is 22.8 Å². The van der Waals surface area contributed by atoms with E-state index in [2.05, 4.69) is 46.9 Å². The molecule has 1 saturated heterocycles. The molecule has 8 nitrogen and oxygen atoms in total. The predicted octanol–water partition coefficient (Wildman–Crippen LogP) is 1.92. The molecule has 28 heavy (non-hydrogen) atoms. The van der Waals surface area contributed by atoms with Crippen molar-refractivity contribution in [1.29, 1.82) is 0 Å². The number of aryl methyl sites for hydroxylation is 3. The SMILES string of the molecule is Cc1ccc(C)c(NCCn2c(C)c[n+]3c2N=C2C3C(=O)N(C)C(=O)N2C)c1. The Kier molecular flexibility index (Phi) is 4.21. The first-order chi connectivity index (χ1) is 13.3. The van der Waals surface area contributed by atoms with Crippen LogP contribution in [0.4, 0.5) is 16.4 Å². The van der Waals surface area contributed by atoms with Crippen LogP contribution >= 0.6 is 0 Å². The van der Waals surface area contributed by atoms with E-state index >= 15 is 0 Å². The van der Waals surface area contributed by atoms with Crippen molar-refractivity contribution in [2.45, 2.75) is 33.4 Å². The van der Waals surface area contributed by atoms with Crippen molar-refractivity contribution in [2.75, 3.05) is 26.0 Å². The van der Waals surface area contributed by atoms with Gasteiger partial charge in [0.05, 0.1) is 6.54 Å². The Labute approximate surface area is 164 Å². The first-order valence-corrected chi connectivity index (χ1v) is 9.36. The van der Waals surface area contributed by atoms with Gasteiger partial charge < -0.3 is 5.32 Å². The van der Waals surface area contributed by atoms with Gasteiger partial charge in [-0.25, -0.2) is 13.9 Å². The number of anilines is 1. The minimum atomic E-state index is -0.574. The average molecular weight is 381 g/mol. The summed E-state index contributed by atoms with van der Waals surface area (Å²) in [6.45, 7) is 7.59. The topological polar surface area (TPSA) is 73.8 Å². The van der Waals surface area contributed by atoms with Crippen molar-refractivity contribution in [2.24, 2.45) is 4.99 Å². The van der Waals surface area contributed by atoms with Crippen LogP contribution in [0.5, 0.6) is 0 Å². The normalized spacial score (nSPS) is 18.3. The third-order valence-corrected chi connectivity index (χ3v) is 5.49. The largest absolute Gasteiger partial charge is 0.401 e. The maximum absolute atomic E-state index is 12.7. The number of benzene rings is 1. The second kappa shape index (κ2) is 6.47. The summed E-state index contributed by atoms with van der Waals surface area (Å²) in [5.74, 6) is 0.930. The number of amides is 3. The molecule has 2 aromatic rings. The maximum Gasteiger partial charge on any atom is 0.401 e. The van der Waals surface area contributed by atoms with E-state index in [1.165, 1.54) is 23.1 Å². The van der Waals surface area contributed by atoms with Crippen LogP contribution in [-0.4, -0.2) is 52.8 Å². The van der Waals surface area contributed by atoms with Crippen molar-refractivity contribution >= 4 is 29.4 Å². The van der Waals surface area contributed by atoms with Gasteiger partial charge in [0.2, 0.25) is 11.9 Å². The second-order valence-electron chi connectivity index (χ2n) is 7.49. The average Bonchev–Trinajstić information content (AvgIpc) is 3.17. The lowest BCUT2D eigenvalue weighted by Crippen LogP contribution is -2.61. The number of imidazole rings is 1. The summed E-state index contributed by atoms with van der Waals surface area (Å²) in [4.78, 5) is 32.1. The maximum atomic E-state index is 12.7. The van der Waals surface area contributed by atoms with Crippen molar-refractivity contribution in [3.05, 3.63) is 41.2 Å². The molecular formula is C20H25N6O2+. The highest BCUT2D eigenvalue weighted by molar-refractivity contribution is 6.18. The van der Waals surface area contributed by atoms with Crippen molar-refractivity contribution in [3.63, 3.8) is 0 Å². The number of urea groups is 1. The van der Waals surface area contributed by atoms with Gasteiger partial charge in [-0.1, -0.05) is 17.1 Å². The zero-order chi connectivity index (χ0) is 20.2. The lowest BCUT2D eigenvalue weighted by molar-refractivity contribution is -0.677. The number of amidine groups is 1. The molecule has 1 fully saturated rings. The number of rotatable bonds is 4. The fraction of sp³-hybridized carbons (Fsp3) is 0.400. The Balaban J connectivity index is 1.59. The summed E-state index contributed by atoms with van der Waals surface area (Å²) in [6.07, 6.45) is 1.93. The Morgan fingerprint density at radius 2 is 1.89 bits per heavy atom. The van der Waals surface area contributed by atoms with Crippen molar-refractivity contribution in [1.82, 2.24) is 14.4 Å². The van der Waals surface area contributed by atoms with E-state index in [0.29, 0.717) is 18.3 Å². The van der Waals surface area contributed by atoms with E-state index in [9.17, 15) is 9.59 Å². The lowest BCUT2D eigenvalue weighted by Gasteiger charge is -2.30. The number of aliphatic imine (C=N–C) groups is 1. The number of nitrogens with zero attached hydrogens (tertiary/aromatic N) is 5. The Bertz CT molecular complexity index is 1020. The van der Waals surface area contributed by atoms with Gasteiger partial charge in [0.25, 0.3) is 5.91 Å². The van der Waals surface area contributed by atoms with Crippen LogP contribution in [-0.2, 0) is 11.3 Å². The number of carbonyl (C=O) groups is 2. The minimum Gasteiger partial charge on any atom is -0.382 e. The monoisotopic (exact) mass is 381 g/mol. The Morgan fingerprint density at radius 1 is 1.14 bits per heavy atom. The fourth-order valence-electron chi connectivity index (χ4n) is 3.82. The molecule has 0 aliphatic carbocycles. The number of hydrogen-bond donors (Lipinski definition) is 1. The Hall–Kier alpha value is -3.16. The quantitative estimate of drug-likeness (QED) is 0.823. The molecule has 1 aromatic carbocycles. The number of imide groups is 1. The van der Waals surface area contributed by atoms with Gasteiger partial charge in [-0.05, 0) is 38.0 Å². The van der Waals surface area contributed by atoms with Crippen LogP contribution in [0.2, 0.25) is 0 Å². The molecule has 8 heteroatoms. The van der Waals surface area contributed by atoms with Crippen LogP contribution < -0.4 is 9.88 Å². The number of carbonyl (C=O) groups excluding carboxylic acids is 2. The summed E-state index contributed by atoms with van der Waals surface area (Å²) in [5.41, 5.74) is 4.56. The zero-order valence-electron chi connectivity index (χ0n) is 16.9. The molecule has 1 atom stereocenters. The molecule has 1 unspecified atom stereocenters. The molecule has 0 saturated carbocycles. The highest BCUT2D eigenvalue weighted by Crippen LogP contribution is 2.28. The summed E-state index contributed by atoms with van der Waals surface area (Å²) >= 11 is 0. The van der Waals surface area contributed by atoms with E-state index < -0.39 is 6.04 Å². The molecule has 2 aliphatic heterocycles. The number of aromatic nitrogens is 2. The summed E-state index contributed by atoms with van der Waals surface area (Å²) < 4.78 is 3.94. The molecule has 1 aromatic heterocycles. The standard InChI is InChI=1S/C20H25N6O2/c1-12-6-7-13(2)15(10-12)21-8-9-25-14(3)11-26-16-17(22-19(25)26)23(4)20(28)24(5)18(16)27/h6-7,10-11,16,21H,8-9H2,1-5H3/q+1. The van der Waals surface area contributed by atoms with Gasteiger partial charge in [0.15, 0.2) is 0 Å². The highest BCUT2D eigenvalue weighted by atomic mass is 16.2. The molecule has 2 aliphatic rings. The van der Waals surface area contributed by atoms with E-state index in [1.807, 2.05) is 17.7 Å². The van der Waals surface area contributed by atoms with E-state index in [1.54, 1.807) is 7.05 Å². The van der Waals surface area contributed by atoms with Crippen LogP contribution in [0, 0.1) is 20.8 Å². The zero-order valence-corrected chi connectivity index (χ0v) is 16.9. The molecular weight excluding hydrogens is 356 g/mol. The second-order valence-corrected chi connectivity index (χ2v) is 7.49. The Morgan fingerprint density at radius 3 is 2.64 bits per heavy atom. The molecule has 0 bridgehead atoms. The van der Waals surface area contributed by atoms with Gasteiger partial charge >= 0.3 is 12.0 Å². The van der Waals surface area contributed by atoms with E-state index in [-0.39, 0.29) is 11.9 Å². The van der Waals surface area contributed by atoms with Gasteiger partial charge in [-0.15, -0.1) is 0 Å². The van der Waals surface area contributed by atoms with Gasteiger partial charge in [0, 0.05) is 26.3 Å². The van der Waals surface area contributed by atoms with Crippen LogP contribution in [0.1, 0.15) is 22.9 Å². The van der Waals surface area contributed by atoms with Gasteiger partial charge in [-0.3, -0.25) is 14.6 Å². The number of fused-ring (bicyclic) bond motifs is 3. The summed E-state index contributed by atoms with van der Waals surface area (Å²) in [7, 11) is 3.16. The van der Waals surface area contributed by atoms with Crippen molar-refractivity contribution < 1.29 is 14.2 Å². The molecule has 4 rings (SSSR count). The smallest absolute Gasteiger partial charge is 0.382 e. The first kappa shape index (κ1) is 18.2. The number of nitrogens with one attached hydrogen (secondary N) is 1. The fourth-order valence-corrected chi connectivity index (χ4v) is 3.82.